The summed E-state index contributed by atoms with van der Waals surface area (Å²) in [4.78, 5) is 14.3. The highest BCUT2D eigenvalue weighted by molar-refractivity contribution is 6.34. The minimum atomic E-state index is -0.272. The first-order valence-corrected chi connectivity index (χ1v) is 7.95. The molecule has 2 aromatic rings. The van der Waals surface area contributed by atoms with Crippen molar-refractivity contribution in [3.05, 3.63) is 28.8 Å². The minimum absolute atomic E-state index is 0.226. The van der Waals surface area contributed by atoms with Crippen LogP contribution in [-0.4, -0.2) is 62.8 Å². The predicted octanol–water partition coefficient (Wildman–Crippen LogP) is 1.03. The summed E-state index contributed by atoms with van der Waals surface area (Å²) in [5.41, 5.74) is 0.991. The molecule has 3 rings (SSSR count). The van der Waals surface area contributed by atoms with Gasteiger partial charge in [0.1, 0.15) is 6.10 Å². The molecular formula is C15H20ClN5O3. The maximum atomic E-state index is 12.8. The van der Waals surface area contributed by atoms with Gasteiger partial charge in [-0.05, 0) is 6.92 Å². The average Bonchev–Trinajstić information content (AvgIpc) is 3.24. The minimum Gasteiger partial charge on any atom is -0.482 e. The van der Waals surface area contributed by atoms with Crippen LogP contribution in [-0.2, 0) is 18.8 Å². The van der Waals surface area contributed by atoms with Gasteiger partial charge in [0.15, 0.2) is 11.4 Å². The SMILES string of the molecule is Cc1c(Cl)c(C(=O)N(C)[C@H]2COC[C@H]2Oc2cnn(C)c2)nn1C. The monoisotopic (exact) mass is 353 g/mol. The second-order valence-corrected chi connectivity index (χ2v) is 6.28. The van der Waals surface area contributed by atoms with Crippen LogP contribution in [0, 0.1) is 6.92 Å². The Bertz CT molecular complexity index is 756. The smallest absolute Gasteiger partial charge is 0.276 e. The van der Waals surface area contributed by atoms with Gasteiger partial charge in [-0.2, -0.15) is 10.2 Å². The molecule has 8 nitrogen and oxygen atoms in total. The van der Waals surface area contributed by atoms with Gasteiger partial charge in [-0.15, -0.1) is 0 Å². The molecular weight excluding hydrogens is 334 g/mol. The molecule has 1 aliphatic rings. The van der Waals surface area contributed by atoms with Gasteiger partial charge in [0.2, 0.25) is 0 Å². The zero-order chi connectivity index (χ0) is 17.4. The molecule has 130 valence electrons. The maximum Gasteiger partial charge on any atom is 0.276 e. The van der Waals surface area contributed by atoms with Crippen molar-refractivity contribution in [2.45, 2.75) is 19.1 Å². The van der Waals surface area contributed by atoms with Crippen LogP contribution in [0.25, 0.3) is 0 Å². The van der Waals surface area contributed by atoms with Crippen molar-refractivity contribution < 1.29 is 14.3 Å². The number of amides is 1. The Balaban J connectivity index is 1.76. The molecule has 1 amide bonds. The van der Waals surface area contributed by atoms with Gasteiger partial charge in [0.25, 0.3) is 5.91 Å². The lowest BCUT2D eigenvalue weighted by molar-refractivity contribution is 0.0615. The molecule has 9 heteroatoms. The fourth-order valence-electron chi connectivity index (χ4n) is 2.67. The summed E-state index contributed by atoms with van der Waals surface area (Å²) in [6, 6.07) is -0.226. The Morgan fingerprint density at radius 1 is 1.46 bits per heavy atom. The molecule has 24 heavy (non-hydrogen) atoms. The first-order chi connectivity index (χ1) is 11.4. The fraction of sp³-hybridized carbons (Fsp3) is 0.533. The van der Waals surface area contributed by atoms with Crippen LogP contribution in [0.5, 0.6) is 5.75 Å². The average molecular weight is 354 g/mol. The number of nitrogens with zero attached hydrogens (tertiary/aromatic N) is 5. The number of likely N-dealkylation sites (N-methyl/N-ethyl adjacent to an activating group) is 1. The third kappa shape index (κ3) is 2.99. The lowest BCUT2D eigenvalue weighted by Gasteiger charge is -2.27. The summed E-state index contributed by atoms with van der Waals surface area (Å²) in [5.74, 6) is 0.393. The van der Waals surface area contributed by atoms with E-state index in [-0.39, 0.29) is 23.7 Å². The van der Waals surface area contributed by atoms with E-state index in [1.165, 1.54) is 0 Å². The quantitative estimate of drug-likeness (QED) is 0.821. The molecule has 0 N–H and O–H groups in total. The molecule has 1 aliphatic heterocycles. The second-order valence-electron chi connectivity index (χ2n) is 5.90. The highest BCUT2D eigenvalue weighted by atomic mass is 35.5. The Morgan fingerprint density at radius 3 is 2.79 bits per heavy atom. The molecule has 1 saturated heterocycles. The summed E-state index contributed by atoms with van der Waals surface area (Å²) in [6.07, 6.45) is 3.14. The van der Waals surface area contributed by atoms with Gasteiger partial charge in [-0.3, -0.25) is 14.2 Å². The van der Waals surface area contributed by atoms with E-state index in [0.717, 1.165) is 5.69 Å². The number of carbonyl (C=O) groups is 1. The molecule has 2 aromatic heterocycles. The van der Waals surface area contributed by atoms with E-state index in [9.17, 15) is 4.79 Å². The van der Waals surface area contributed by atoms with E-state index in [0.29, 0.717) is 24.0 Å². The topological polar surface area (TPSA) is 74.4 Å². The van der Waals surface area contributed by atoms with Gasteiger partial charge in [0.05, 0.1) is 42.4 Å². The number of aryl methyl sites for hydroxylation is 2. The Morgan fingerprint density at radius 2 is 2.21 bits per heavy atom. The highest BCUT2D eigenvalue weighted by Gasteiger charge is 2.37. The van der Waals surface area contributed by atoms with Crippen molar-refractivity contribution in [2.24, 2.45) is 14.1 Å². The number of ether oxygens (including phenoxy) is 2. The van der Waals surface area contributed by atoms with E-state index in [4.69, 9.17) is 21.1 Å². The van der Waals surface area contributed by atoms with Crippen LogP contribution in [0.3, 0.4) is 0 Å². The van der Waals surface area contributed by atoms with Gasteiger partial charge >= 0.3 is 0 Å². The first kappa shape index (κ1) is 16.8. The van der Waals surface area contributed by atoms with Gasteiger partial charge in [0, 0.05) is 21.1 Å². The van der Waals surface area contributed by atoms with Gasteiger partial charge in [-0.1, -0.05) is 11.6 Å². The Kier molecular flexibility index (Phi) is 4.51. The van der Waals surface area contributed by atoms with Crippen molar-refractivity contribution in [1.82, 2.24) is 24.5 Å². The van der Waals surface area contributed by atoms with Crippen molar-refractivity contribution in [1.29, 1.82) is 0 Å². The number of rotatable bonds is 4. The molecule has 2 atom stereocenters. The molecule has 0 aromatic carbocycles. The summed E-state index contributed by atoms with van der Waals surface area (Å²) in [7, 11) is 5.28. The molecule has 3 heterocycles. The zero-order valence-electron chi connectivity index (χ0n) is 14.1. The third-order valence-corrected chi connectivity index (χ3v) is 4.70. The number of aromatic nitrogens is 4. The number of halogens is 1. The molecule has 0 saturated carbocycles. The fourth-order valence-corrected chi connectivity index (χ4v) is 2.91. The molecule has 1 fully saturated rings. The normalized spacial score (nSPS) is 20.4. The van der Waals surface area contributed by atoms with E-state index >= 15 is 0 Å². The first-order valence-electron chi connectivity index (χ1n) is 7.57. The van der Waals surface area contributed by atoms with Gasteiger partial charge < -0.3 is 14.4 Å². The summed E-state index contributed by atoms with van der Waals surface area (Å²) < 4.78 is 14.7. The van der Waals surface area contributed by atoms with Crippen LogP contribution in [0.4, 0.5) is 0 Å². The van der Waals surface area contributed by atoms with E-state index in [2.05, 4.69) is 10.2 Å². The standard InChI is InChI=1S/C15H20ClN5O3/c1-9-13(16)14(18-21(9)4)15(22)20(3)11-7-23-8-12(11)24-10-5-17-19(2)6-10/h5-6,11-12H,7-8H2,1-4H3/t11-,12+/m0/s1. The Labute approximate surface area is 144 Å². The maximum absolute atomic E-state index is 12.8. The van der Waals surface area contributed by atoms with Crippen molar-refractivity contribution >= 4 is 17.5 Å². The summed E-state index contributed by atoms with van der Waals surface area (Å²) in [5, 5.41) is 8.66. The van der Waals surface area contributed by atoms with E-state index in [1.54, 1.807) is 40.8 Å². The highest BCUT2D eigenvalue weighted by Crippen LogP contribution is 2.24. The lowest BCUT2D eigenvalue weighted by Crippen LogP contribution is -2.46. The van der Waals surface area contributed by atoms with E-state index < -0.39 is 0 Å². The second kappa shape index (κ2) is 6.45. The number of hydrogen-bond acceptors (Lipinski definition) is 5. The van der Waals surface area contributed by atoms with Crippen molar-refractivity contribution in [3.63, 3.8) is 0 Å². The van der Waals surface area contributed by atoms with Crippen LogP contribution < -0.4 is 4.74 Å². The lowest BCUT2D eigenvalue weighted by atomic mass is 10.1. The number of hydrogen-bond donors (Lipinski definition) is 0. The van der Waals surface area contributed by atoms with E-state index in [1.807, 2.05) is 14.0 Å². The zero-order valence-corrected chi connectivity index (χ0v) is 14.8. The Hall–Kier alpha value is -2.06. The molecule has 0 spiro atoms. The van der Waals surface area contributed by atoms with Crippen LogP contribution >= 0.6 is 11.6 Å². The van der Waals surface area contributed by atoms with Crippen LogP contribution in [0.15, 0.2) is 12.4 Å². The largest absolute Gasteiger partial charge is 0.482 e. The van der Waals surface area contributed by atoms with Crippen LogP contribution in [0.2, 0.25) is 5.02 Å². The molecule has 0 unspecified atom stereocenters. The molecule has 0 radical (unpaired) electrons. The van der Waals surface area contributed by atoms with Crippen LogP contribution in [0.1, 0.15) is 16.2 Å². The molecule has 0 bridgehead atoms. The summed E-state index contributed by atoms with van der Waals surface area (Å²) in [6.45, 7) is 2.63. The van der Waals surface area contributed by atoms with Gasteiger partial charge in [-0.25, -0.2) is 0 Å². The third-order valence-electron chi connectivity index (χ3n) is 4.25. The number of carbonyl (C=O) groups excluding carboxylic acids is 1. The molecule has 0 aliphatic carbocycles. The predicted molar refractivity (Wildman–Crippen MR) is 87.3 cm³/mol. The van der Waals surface area contributed by atoms with Crippen molar-refractivity contribution in [2.75, 3.05) is 20.3 Å². The summed E-state index contributed by atoms with van der Waals surface area (Å²) >= 11 is 6.22. The van der Waals surface area contributed by atoms with Crippen molar-refractivity contribution in [3.8, 4) is 5.75 Å².